The molecule has 1 aromatic carbocycles. The number of nitriles is 1. The van der Waals surface area contributed by atoms with Crippen LogP contribution in [0, 0.1) is 11.3 Å². The summed E-state index contributed by atoms with van der Waals surface area (Å²) in [6, 6.07) is 5.13. The number of hydrogen-bond acceptors (Lipinski definition) is 3. The molecule has 0 aliphatic heterocycles. The van der Waals surface area contributed by atoms with E-state index in [4.69, 9.17) is 28.5 Å². The number of halogens is 2. The van der Waals surface area contributed by atoms with E-state index in [1.54, 1.807) is 12.1 Å². The van der Waals surface area contributed by atoms with Crippen molar-refractivity contribution in [3.05, 3.63) is 33.8 Å². The van der Waals surface area contributed by atoms with Crippen molar-refractivity contribution in [3.8, 4) is 6.07 Å². The summed E-state index contributed by atoms with van der Waals surface area (Å²) >= 11 is 11.6. The van der Waals surface area contributed by atoms with E-state index in [0.29, 0.717) is 21.7 Å². The van der Waals surface area contributed by atoms with E-state index < -0.39 is 0 Å². The zero-order valence-corrected chi connectivity index (χ0v) is 10.1. The molecule has 0 radical (unpaired) electrons. The van der Waals surface area contributed by atoms with Gasteiger partial charge in [0.2, 0.25) is 0 Å². The Labute approximate surface area is 104 Å². The highest BCUT2D eigenvalue weighted by Gasteiger charge is 2.11. The molecular formula is C11H9Cl2NO2. The largest absolute Gasteiger partial charge is 0.469 e. The number of hydrogen-bond donors (Lipinski definition) is 0. The van der Waals surface area contributed by atoms with Crippen molar-refractivity contribution in [2.24, 2.45) is 0 Å². The highest BCUT2D eigenvalue weighted by atomic mass is 35.5. The van der Waals surface area contributed by atoms with Gasteiger partial charge in [0.15, 0.2) is 0 Å². The van der Waals surface area contributed by atoms with Gasteiger partial charge in [-0.25, -0.2) is 0 Å². The average molecular weight is 258 g/mol. The van der Waals surface area contributed by atoms with Crippen LogP contribution >= 0.6 is 23.2 Å². The Morgan fingerprint density at radius 1 is 1.50 bits per heavy atom. The Balaban J connectivity index is 3.14. The number of carbonyl (C=O) groups excluding carboxylic acids is 1. The fourth-order valence-corrected chi connectivity index (χ4v) is 1.74. The van der Waals surface area contributed by atoms with Crippen LogP contribution in [0.15, 0.2) is 12.1 Å². The third-order valence-electron chi connectivity index (χ3n) is 2.12. The predicted molar refractivity (Wildman–Crippen MR) is 61.4 cm³/mol. The number of methoxy groups -OCH3 is 1. The summed E-state index contributed by atoms with van der Waals surface area (Å²) in [7, 11) is 1.31. The molecular weight excluding hydrogens is 249 g/mol. The van der Waals surface area contributed by atoms with Crippen molar-refractivity contribution in [1.29, 1.82) is 5.26 Å². The van der Waals surface area contributed by atoms with Crippen LogP contribution in [0.1, 0.15) is 16.7 Å². The molecule has 84 valence electrons. The van der Waals surface area contributed by atoms with Crippen LogP contribution in [-0.2, 0) is 21.8 Å². The van der Waals surface area contributed by atoms with Gasteiger partial charge in [0.25, 0.3) is 0 Å². The van der Waals surface area contributed by atoms with Gasteiger partial charge in [0, 0.05) is 5.88 Å². The second-order valence-corrected chi connectivity index (χ2v) is 3.77. The van der Waals surface area contributed by atoms with Gasteiger partial charge in [-0.3, -0.25) is 4.79 Å². The lowest BCUT2D eigenvalue weighted by molar-refractivity contribution is -0.139. The van der Waals surface area contributed by atoms with Crippen LogP contribution in [0.3, 0.4) is 0 Å². The van der Waals surface area contributed by atoms with E-state index in [1.807, 2.05) is 6.07 Å². The first-order chi connectivity index (χ1) is 7.62. The van der Waals surface area contributed by atoms with Gasteiger partial charge in [-0.15, -0.1) is 11.6 Å². The number of rotatable bonds is 3. The van der Waals surface area contributed by atoms with Gasteiger partial charge in [-0.1, -0.05) is 11.6 Å². The molecule has 0 aliphatic rings. The molecule has 0 aliphatic carbocycles. The molecule has 0 unspecified atom stereocenters. The molecule has 0 aromatic heterocycles. The first-order valence-electron chi connectivity index (χ1n) is 4.46. The summed E-state index contributed by atoms with van der Waals surface area (Å²) in [6.45, 7) is 0. The molecule has 0 N–H and O–H groups in total. The lowest BCUT2D eigenvalue weighted by Gasteiger charge is -2.07. The maximum Gasteiger partial charge on any atom is 0.309 e. The Bertz CT molecular complexity index is 452. The second-order valence-electron chi connectivity index (χ2n) is 3.10. The molecule has 0 saturated heterocycles. The zero-order valence-electron chi connectivity index (χ0n) is 8.59. The SMILES string of the molecule is COC(=O)Cc1cc(Cl)c(C#N)cc1CCl. The highest BCUT2D eigenvalue weighted by Crippen LogP contribution is 2.23. The molecule has 5 heteroatoms. The molecule has 0 amide bonds. The van der Waals surface area contributed by atoms with E-state index in [2.05, 4.69) is 4.74 Å². The van der Waals surface area contributed by atoms with E-state index in [9.17, 15) is 4.79 Å². The molecule has 1 aromatic rings. The summed E-state index contributed by atoms with van der Waals surface area (Å²) in [5.41, 5.74) is 1.75. The minimum atomic E-state index is -0.368. The van der Waals surface area contributed by atoms with Crippen molar-refractivity contribution in [2.75, 3.05) is 7.11 Å². The fraction of sp³-hybridized carbons (Fsp3) is 0.273. The third-order valence-corrected chi connectivity index (χ3v) is 2.72. The molecule has 0 atom stereocenters. The number of alkyl halides is 1. The van der Waals surface area contributed by atoms with Crippen LogP contribution in [0.5, 0.6) is 0 Å². The lowest BCUT2D eigenvalue weighted by atomic mass is 10.0. The standard InChI is InChI=1S/C11H9Cl2NO2/c1-16-11(15)4-7-3-10(13)9(6-14)2-8(7)5-12/h2-3H,4-5H2,1H3. The quantitative estimate of drug-likeness (QED) is 0.618. The Morgan fingerprint density at radius 3 is 2.69 bits per heavy atom. The zero-order chi connectivity index (χ0) is 12.1. The normalized spacial score (nSPS) is 9.62. The Hall–Kier alpha value is -1.24. The van der Waals surface area contributed by atoms with Gasteiger partial charge in [-0.05, 0) is 23.3 Å². The van der Waals surface area contributed by atoms with Crippen molar-refractivity contribution >= 4 is 29.2 Å². The number of nitrogens with zero attached hydrogens (tertiary/aromatic N) is 1. The van der Waals surface area contributed by atoms with Gasteiger partial charge in [-0.2, -0.15) is 5.26 Å². The Kier molecular flexibility index (Phi) is 4.60. The number of esters is 1. The topological polar surface area (TPSA) is 50.1 Å². The van der Waals surface area contributed by atoms with E-state index in [-0.39, 0.29) is 18.3 Å². The van der Waals surface area contributed by atoms with Crippen LogP contribution in [0.4, 0.5) is 0 Å². The third kappa shape index (κ3) is 2.88. The molecule has 0 heterocycles. The van der Waals surface area contributed by atoms with Crippen molar-refractivity contribution < 1.29 is 9.53 Å². The first-order valence-corrected chi connectivity index (χ1v) is 5.37. The smallest absolute Gasteiger partial charge is 0.309 e. The number of carbonyl (C=O) groups is 1. The Morgan fingerprint density at radius 2 is 2.19 bits per heavy atom. The summed E-state index contributed by atoms with van der Waals surface area (Å²) in [5, 5.41) is 9.10. The molecule has 0 saturated carbocycles. The number of benzene rings is 1. The summed E-state index contributed by atoms with van der Waals surface area (Å²) in [4.78, 5) is 11.1. The maximum absolute atomic E-state index is 11.1. The summed E-state index contributed by atoms with van der Waals surface area (Å²) < 4.78 is 4.56. The van der Waals surface area contributed by atoms with Crippen molar-refractivity contribution in [3.63, 3.8) is 0 Å². The summed E-state index contributed by atoms with van der Waals surface area (Å²) in [6.07, 6.45) is 0.101. The maximum atomic E-state index is 11.1. The van der Waals surface area contributed by atoms with E-state index in [1.165, 1.54) is 7.11 Å². The minimum absolute atomic E-state index is 0.101. The van der Waals surface area contributed by atoms with Gasteiger partial charge in [0.1, 0.15) is 6.07 Å². The number of ether oxygens (including phenoxy) is 1. The highest BCUT2D eigenvalue weighted by molar-refractivity contribution is 6.31. The van der Waals surface area contributed by atoms with Crippen molar-refractivity contribution in [2.45, 2.75) is 12.3 Å². The molecule has 0 bridgehead atoms. The fourth-order valence-electron chi connectivity index (χ4n) is 1.26. The minimum Gasteiger partial charge on any atom is -0.469 e. The van der Waals surface area contributed by atoms with Gasteiger partial charge in [0.05, 0.1) is 24.1 Å². The average Bonchev–Trinajstić information content (AvgIpc) is 2.29. The molecule has 0 fully saturated rings. The first kappa shape index (κ1) is 12.8. The molecule has 16 heavy (non-hydrogen) atoms. The molecule has 0 spiro atoms. The second kappa shape index (κ2) is 5.74. The monoisotopic (exact) mass is 257 g/mol. The van der Waals surface area contributed by atoms with Crippen molar-refractivity contribution in [1.82, 2.24) is 0 Å². The summed E-state index contributed by atoms with van der Waals surface area (Å²) in [5.74, 6) is -0.148. The van der Waals surface area contributed by atoms with Crippen LogP contribution in [0.25, 0.3) is 0 Å². The van der Waals surface area contributed by atoms with Crippen LogP contribution < -0.4 is 0 Å². The van der Waals surface area contributed by atoms with Gasteiger partial charge < -0.3 is 4.74 Å². The lowest BCUT2D eigenvalue weighted by Crippen LogP contribution is -2.07. The van der Waals surface area contributed by atoms with Crippen LogP contribution in [-0.4, -0.2) is 13.1 Å². The van der Waals surface area contributed by atoms with Gasteiger partial charge >= 0.3 is 5.97 Å². The van der Waals surface area contributed by atoms with Crippen LogP contribution in [0.2, 0.25) is 5.02 Å². The van der Waals surface area contributed by atoms with E-state index in [0.717, 1.165) is 0 Å². The van der Waals surface area contributed by atoms with E-state index >= 15 is 0 Å². The molecule has 3 nitrogen and oxygen atoms in total. The molecule has 1 rings (SSSR count). The predicted octanol–water partition coefficient (Wildman–Crippen LogP) is 2.67.